The monoisotopic (exact) mass is 413 g/mol. The first kappa shape index (κ1) is 26.1. The quantitative estimate of drug-likeness (QED) is 0.175. The molecule has 0 aliphatic rings. The standard InChI is InChI=1S/C15H22N2O4S2.Mn/c18-8-2-16(3-9-19)6-14-22-12-1-13-23-15-7-17(4-10-20)5-11-21;/h1-7,12-15H2;/q-4;. The van der Waals surface area contributed by atoms with Crippen molar-refractivity contribution in [1.29, 1.82) is 0 Å². The minimum Gasteiger partial charge on any atom is -0.541 e. The molecule has 0 bridgehead atoms. The summed E-state index contributed by atoms with van der Waals surface area (Å²) in [6.45, 7) is 1.97. The molecule has 1 radical (unpaired) electrons. The van der Waals surface area contributed by atoms with Gasteiger partial charge in [-0.1, -0.05) is 0 Å². The third-order valence-electron chi connectivity index (χ3n) is 2.83. The molecule has 0 aliphatic carbocycles. The number of hydrogen-bond acceptors (Lipinski definition) is 8. The van der Waals surface area contributed by atoms with Crippen LogP contribution >= 0.6 is 23.5 Å². The molecule has 0 atom stereocenters. The largest absolute Gasteiger partial charge is 0.541 e. The third kappa shape index (κ3) is 16.7. The van der Waals surface area contributed by atoms with Crippen LogP contribution in [0.1, 0.15) is 6.42 Å². The summed E-state index contributed by atoms with van der Waals surface area (Å²) in [5.74, 6) is 3.77. The summed E-state index contributed by atoms with van der Waals surface area (Å²) >= 11 is 3.57. The van der Waals surface area contributed by atoms with Crippen molar-refractivity contribution in [3.05, 3.63) is 0 Å². The molecule has 0 aromatic heterocycles. The van der Waals surface area contributed by atoms with Crippen LogP contribution in [0.2, 0.25) is 0 Å². The van der Waals surface area contributed by atoms with Gasteiger partial charge in [0, 0.05) is 41.7 Å². The van der Waals surface area contributed by atoms with Crippen molar-refractivity contribution < 1.29 is 36.2 Å². The van der Waals surface area contributed by atoms with Crippen LogP contribution in [0.5, 0.6) is 0 Å². The van der Waals surface area contributed by atoms with Gasteiger partial charge < -0.3 is 29.0 Å². The SMILES string of the molecule is O=[C-]CN(C[C-]=O)CCSCCCSCCN(C[C-]=O)C[C-]=O.[Mn]. The van der Waals surface area contributed by atoms with Crippen LogP contribution in [-0.2, 0) is 36.2 Å². The van der Waals surface area contributed by atoms with Crippen LogP contribution < -0.4 is 0 Å². The van der Waals surface area contributed by atoms with E-state index < -0.39 is 0 Å². The minimum absolute atomic E-state index is 0. The summed E-state index contributed by atoms with van der Waals surface area (Å²) in [5, 5.41) is 0. The van der Waals surface area contributed by atoms with Crippen LogP contribution in [0.25, 0.3) is 0 Å². The normalized spacial score (nSPS) is 10.4. The van der Waals surface area contributed by atoms with E-state index >= 15 is 0 Å². The van der Waals surface area contributed by atoms with Crippen molar-refractivity contribution in [2.75, 3.05) is 62.3 Å². The molecule has 24 heavy (non-hydrogen) atoms. The molecule has 0 heterocycles. The van der Waals surface area contributed by atoms with Gasteiger partial charge in [0.1, 0.15) is 0 Å². The van der Waals surface area contributed by atoms with Crippen molar-refractivity contribution in [3.8, 4) is 0 Å². The summed E-state index contributed by atoms with van der Waals surface area (Å²) < 4.78 is 0. The Kier molecular flexibility index (Phi) is 22.6. The molecule has 0 rings (SSSR count). The molecule has 0 aromatic rings. The van der Waals surface area contributed by atoms with Crippen molar-refractivity contribution in [2.24, 2.45) is 0 Å². The van der Waals surface area contributed by atoms with E-state index in [0.29, 0.717) is 13.1 Å². The minimum atomic E-state index is 0. The molecule has 6 nitrogen and oxygen atoms in total. The first-order chi connectivity index (χ1) is 11.3. The van der Waals surface area contributed by atoms with E-state index in [2.05, 4.69) is 0 Å². The second-order valence-corrected chi connectivity index (χ2v) is 7.03. The Hall–Kier alpha value is -0.181. The van der Waals surface area contributed by atoms with Gasteiger partial charge in [0.2, 0.25) is 0 Å². The molecule has 0 spiro atoms. The summed E-state index contributed by atoms with van der Waals surface area (Å²) in [7, 11) is 0. The Balaban J connectivity index is 0. The molecule has 0 saturated carbocycles. The molecular weight excluding hydrogens is 391 g/mol. The molecule has 0 fully saturated rings. The molecule has 9 heteroatoms. The predicted molar refractivity (Wildman–Crippen MR) is 94.9 cm³/mol. The van der Waals surface area contributed by atoms with Gasteiger partial charge in [0.05, 0.1) is 0 Å². The first-order valence-electron chi connectivity index (χ1n) is 7.28. The molecule has 0 aliphatic heterocycles. The van der Waals surface area contributed by atoms with Crippen LogP contribution in [0.15, 0.2) is 0 Å². The van der Waals surface area contributed by atoms with Gasteiger partial charge in [-0.3, -0.25) is 25.1 Å². The number of nitrogens with zero attached hydrogens (tertiary/aromatic N) is 2. The predicted octanol–water partition coefficient (Wildman–Crippen LogP) is -0.117. The van der Waals surface area contributed by atoms with Gasteiger partial charge in [0.15, 0.2) is 0 Å². The topological polar surface area (TPSA) is 74.8 Å². The number of carbonyl (C=O) groups excluding carboxylic acids is 4. The second-order valence-electron chi connectivity index (χ2n) is 4.58. The van der Waals surface area contributed by atoms with Gasteiger partial charge in [-0.2, -0.15) is 23.5 Å². The fraction of sp³-hybridized carbons (Fsp3) is 0.733. The van der Waals surface area contributed by atoms with E-state index in [1.165, 1.54) is 0 Å². The maximum atomic E-state index is 10.3. The Morgan fingerprint density at radius 1 is 0.583 bits per heavy atom. The molecule has 0 saturated heterocycles. The molecule has 0 amide bonds. The van der Waals surface area contributed by atoms with E-state index in [0.717, 1.165) is 29.4 Å². The maximum Gasteiger partial charge on any atom is 0.00586 e. The third-order valence-corrected chi connectivity index (χ3v) is 4.93. The van der Waals surface area contributed by atoms with Crippen molar-refractivity contribution >= 4 is 48.7 Å². The summed E-state index contributed by atoms with van der Waals surface area (Å²) in [6.07, 6.45) is 8.21. The average Bonchev–Trinajstić information content (AvgIpc) is 2.54. The van der Waals surface area contributed by atoms with E-state index in [-0.39, 0.29) is 43.2 Å². The molecule has 0 N–H and O–H groups in total. The number of thioether (sulfide) groups is 2. The first-order valence-corrected chi connectivity index (χ1v) is 9.59. The molecule has 139 valence electrons. The average molecular weight is 413 g/mol. The zero-order valence-corrected chi connectivity index (χ0v) is 16.3. The molecule has 0 aromatic carbocycles. The van der Waals surface area contributed by atoms with Crippen LogP contribution in [-0.4, -0.2) is 97.2 Å². The summed E-state index contributed by atoms with van der Waals surface area (Å²) in [5.41, 5.74) is 0. The molecule has 0 unspecified atom stereocenters. The van der Waals surface area contributed by atoms with E-state index in [1.54, 1.807) is 58.5 Å². The van der Waals surface area contributed by atoms with Crippen LogP contribution in [0, 0.1) is 0 Å². The number of hydrogen-bond donors (Lipinski definition) is 0. The van der Waals surface area contributed by atoms with Crippen LogP contribution in [0.3, 0.4) is 0 Å². The fourth-order valence-electron chi connectivity index (χ4n) is 1.65. The van der Waals surface area contributed by atoms with Gasteiger partial charge in [-0.25, -0.2) is 0 Å². The fourth-order valence-corrected chi connectivity index (χ4v) is 3.71. The van der Waals surface area contributed by atoms with Crippen LogP contribution in [0.4, 0.5) is 0 Å². The smallest absolute Gasteiger partial charge is 0.00586 e. The maximum absolute atomic E-state index is 10.3. The van der Waals surface area contributed by atoms with Crippen molar-refractivity contribution in [2.45, 2.75) is 6.42 Å². The van der Waals surface area contributed by atoms with E-state index in [1.807, 2.05) is 0 Å². The van der Waals surface area contributed by atoms with Gasteiger partial charge in [-0.05, 0) is 17.9 Å². The Morgan fingerprint density at radius 2 is 0.917 bits per heavy atom. The summed E-state index contributed by atoms with van der Waals surface area (Å²) in [4.78, 5) is 44.6. The van der Waals surface area contributed by atoms with Gasteiger partial charge in [-0.15, -0.1) is 26.2 Å². The van der Waals surface area contributed by atoms with E-state index in [4.69, 9.17) is 0 Å². The zero-order valence-electron chi connectivity index (χ0n) is 13.5. The Bertz CT molecular complexity index is 289. The van der Waals surface area contributed by atoms with Gasteiger partial charge in [0.25, 0.3) is 0 Å². The zero-order chi connectivity index (χ0) is 17.2. The number of rotatable bonds is 18. The second kappa shape index (κ2) is 20.9. The summed E-state index contributed by atoms with van der Waals surface area (Å²) in [6, 6.07) is 0. The molecular formula is C15H22MnN2O4S2-4. The van der Waals surface area contributed by atoms with Crippen molar-refractivity contribution in [3.63, 3.8) is 0 Å². The van der Waals surface area contributed by atoms with E-state index in [9.17, 15) is 19.2 Å². The van der Waals surface area contributed by atoms with Crippen molar-refractivity contribution in [1.82, 2.24) is 9.80 Å². The Labute approximate surface area is 163 Å². The Morgan fingerprint density at radius 3 is 1.21 bits per heavy atom. The van der Waals surface area contributed by atoms with Gasteiger partial charge >= 0.3 is 0 Å².